The maximum Gasteiger partial charge on any atom is 0.338 e. The normalized spacial score (nSPS) is 14.7. The zero-order valence-corrected chi connectivity index (χ0v) is 29.8. The van der Waals surface area contributed by atoms with Gasteiger partial charge in [0.2, 0.25) is 0 Å². The van der Waals surface area contributed by atoms with Crippen LogP contribution in [0.2, 0.25) is 5.02 Å². The van der Waals surface area contributed by atoms with Gasteiger partial charge in [0, 0.05) is 15.5 Å². The zero-order chi connectivity index (χ0) is 30.8. The molecule has 0 unspecified atom stereocenters. The third kappa shape index (κ3) is 6.45. The number of ether oxygens (including phenoxy) is 2. The number of thiophene rings is 1. The van der Waals surface area contributed by atoms with Crippen molar-refractivity contribution in [2.75, 3.05) is 6.61 Å². The van der Waals surface area contributed by atoms with E-state index in [2.05, 4.69) is 45.2 Å². The summed E-state index contributed by atoms with van der Waals surface area (Å²) >= 11 is 13.3. The van der Waals surface area contributed by atoms with E-state index in [1.165, 1.54) is 22.7 Å². The van der Waals surface area contributed by atoms with Gasteiger partial charge in [0.25, 0.3) is 5.56 Å². The van der Waals surface area contributed by atoms with Gasteiger partial charge in [0.15, 0.2) is 4.80 Å². The highest BCUT2D eigenvalue weighted by molar-refractivity contribution is 14.1. The molecule has 5 aromatic rings. The number of carbonyl (C=O) groups is 1. The van der Waals surface area contributed by atoms with Crippen molar-refractivity contribution in [2.45, 2.75) is 19.6 Å². The summed E-state index contributed by atoms with van der Waals surface area (Å²) in [7, 11) is 0. The number of benzene rings is 3. The smallest absolute Gasteiger partial charge is 0.338 e. The molecule has 0 saturated carbocycles. The summed E-state index contributed by atoms with van der Waals surface area (Å²) in [4.78, 5) is 33.9. The Labute approximate surface area is 293 Å². The fraction of sp³-hybridized carbons (Fsp3) is 0.121. The number of aromatic nitrogens is 1. The quantitative estimate of drug-likeness (QED) is 0.120. The first kappa shape index (κ1) is 31.2. The molecule has 2 aromatic heterocycles. The van der Waals surface area contributed by atoms with E-state index in [1.54, 1.807) is 11.5 Å². The second-order valence-corrected chi connectivity index (χ2v) is 14.4. The van der Waals surface area contributed by atoms with Crippen molar-refractivity contribution in [3.05, 3.63) is 143 Å². The highest BCUT2D eigenvalue weighted by atomic mass is 127. The van der Waals surface area contributed by atoms with Crippen molar-refractivity contribution < 1.29 is 14.3 Å². The molecule has 3 aromatic carbocycles. The molecule has 0 N–H and O–H groups in total. The molecule has 0 amide bonds. The van der Waals surface area contributed by atoms with Crippen LogP contribution in [0.3, 0.4) is 0 Å². The van der Waals surface area contributed by atoms with Gasteiger partial charge in [-0.2, -0.15) is 0 Å². The molecule has 0 radical (unpaired) electrons. The van der Waals surface area contributed by atoms with Crippen LogP contribution in [0.4, 0.5) is 0 Å². The number of thiazole rings is 1. The van der Waals surface area contributed by atoms with Crippen LogP contribution in [0.15, 0.2) is 99.6 Å². The largest absolute Gasteiger partial charge is 0.487 e. The van der Waals surface area contributed by atoms with E-state index in [9.17, 15) is 9.59 Å². The number of hydrogen-bond donors (Lipinski definition) is 0. The number of hydrogen-bond acceptors (Lipinski definition) is 7. The SMILES string of the molecule is CCOC(=O)C1=C(c2ccccc2)N=c2s/c(=C\c3cc(I)c(OCc4ccc(Cl)cc4)c(I)c3)c(=O)n2[C@H]1c1cccs1. The van der Waals surface area contributed by atoms with Crippen molar-refractivity contribution in [1.82, 2.24) is 4.57 Å². The topological polar surface area (TPSA) is 69.9 Å². The minimum absolute atomic E-state index is 0.211. The Kier molecular flexibility index (Phi) is 9.71. The van der Waals surface area contributed by atoms with E-state index in [0.717, 1.165) is 34.5 Å². The summed E-state index contributed by atoms with van der Waals surface area (Å²) in [6, 6.07) is 24.3. The lowest BCUT2D eigenvalue weighted by molar-refractivity contribution is -0.138. The van der Waals surface area contributed by atoms with Gasteiger partial charge in [0.1, 0.15) is 18.4 Å². The molecule has 11 heteroatoms. The van der Waals surface area contributed by atoms with Crippen LogP contribution in [0, 0.1) is 7.14 Å². The van der Waals surface area contributed by atoms with Gasteiger partial charge in [-0.05, 0) is 105 Å². The molecule has 3 heterocycles. The van der Waals surface area contributed by atoms with E-state index in [-0.39, 0.29) is 12.2 Å². The summed E-state index contributed by atoms with van der Waals surface area (Å²) in [5.41, 5.74) is 3.32. The molecule has 0 fully saturated rings. The second-order valence-electron chi connectivity index (χ2n) is 9.68. The molecule has 1 aliphatic heterocycles. The first-order valence-electron chi connectivity index (χ1n) is 13.5. The Morgan fingerprint density at radius 1 is 1.05 bits per heavy atom. The monoisotopic (exact) mass is 864 g/mol. The standard InChI is InChI=1S/C33H23ClI2N2O4S2/c1-2-41-32(40)27-28(21-7-4-3-5-8-21)37-33-38(29(27)25-9-6-14-43-25)31(39)26(44-33)17-20-15-23(35)30(24(36)16-20)42-18-19-10-12-22(34)13-11-19/h3-17,29H,2,18H2,1H3/b26-17-/t29-/m0/s1. The van der Waals surface area contributed by atoms with Gasteiger partial charge < -0.3 is 9.47 Å². The van der Waals surface area contributed by atoms with E-state index in [4.69, 9.17) is 26.1 Å². The molecule has 1 atom stereocenters. The Balaban J connectivity index is 1.45. The second kappa shape index (κ2) is 13.7. The molecule has 6 rings (SSSR count). The molecule has 222 valence electrons. The van der Waals surface area contributed by atoms with E-state index < -0.39 is 12.0 Å². The fourth-order valence-electron chi connectivity index (χ4n) is 4.84. The first-order valence-corrected chi connectivity index (χ1v) is 17.8. The summed E-state index contributed by atoms with van der Waals surface area (Å²) in [6.07, 6.45) is 1.87. The average Bonchev–Trinajstić information content (AvgIpc) is 3.66. The van der Waals surface area contributed by atoms with Gasteiger partial charge in [-0.15, -0.1) is 11.3 Å². The lowest BCUT2D eigenvalue weighted by Gasteiger charge is -2.24. The number of rotatable bonds is 8. The van der Waals surface area contributed by atoms with Gasteiger partial charge in [-0.3, -0.25) is 9.36 Å². The summed E-state index contributed by atoms with van der Waals surface area (Å²) < 4.78 is 15.7. The van der Waals surface area contributed by atoms with Crippen molar-refractivity contribution in [3.8, 4) is 5.75 Å². The Bertz CT molecular complexity index is 2030. The van der Waals surface area contributed by atoms with Crippen LogP contribution < -0.4 is 19.6 Å². The number of fused-ring (bicyclic) bond motifs is 1. The molecular formula is C33H23ClI2N2O4S2. The van der Waals surface area contributed by atoms with Crippen molar-refractivity contribution >= 4 is 97.2 Å². The Morgan fingerprint density at radius 2 is 1.77 bits per heavy atom. The molecule has 0 saturated heterocycles. The van der Waals surface area contributed by atoms with Crippen LogP contribution in [-0.4, -0.2) is 17.1 Å². The number of nitrogens with zero attached hydrogens (tertiary/aromatic N) is 2. The molecule has 0 bridgehead atoms. The number of esters is 1. The minimum atomic E-state index is -0.661. The third-order valence-corrected chi connectivity index (χ3v) is 10.6. The average molecular weight is 865 g/mol. The van der Waals surface area contributed by atoms with Crippen molar-refractivity contribution in [1.29, 1.82) is 0 Å². The zero-order valence-electron chi connectivity index (χ0n) is 23.1. The number of halogens is 3. The lowest BCUT2D eigenvalue weighted by Crippen LogP contribution is -2.39. The number of carbonyl (C=O) groups excluding carboxylic acids is 1. The highest BCUT2D eigenvalue weighted by Gasteiger charge is 2.35. The molecule has 0 aliphatic carbocycles. The fourth-order valence-corrected chi connectivity index (χ4v) is 8.92. The Hall–Kier alpha value is -2.78. The predicted molar refractivity (Wildman–Crippen MR) is 193 cm³/mol. The van der Waals surface area contributed by atoms with Crippen molar-refractivity contribution in [2.24, 2.45) is 4.99 Å². The van der Waals surface area contributed by atoms with Crippen LogP contribution in [0.1, 0.15) is 34.5 Å². The van der Waals surface area contributed by atoms with Gasteiger partial charge in [0.05, 0.1) is 29.5 Å². The van der Waals surface area contributed by atoms with Crippen LogP contribution in [0.25, 0.3) is 11.8 Å². The summed E-state index contributed by atoms with van der Waals surface area (Å²) in [6.45, 7) is 2.39. The van der Waals surface area contributed by atoms with Gasteiger partial charge >= 0.3 is 5.97 Å². The van der Waals surface area contributed by atoms with E-state index in [1.807, 2.05) is 90.3 Å². The lowest BCUT2D eigenvalue weighted by atomic mass is 9.97. The predicted octanol–water partition coefficient (Wildman–Crippen LogP) is 7.44. The first-order chi connectivity index (χ1) is 21.3. The third-order valence-electron chi connectivity index (χ3n) is 6.80. The van der Waals surface area contributed by atoms with Gasteiger partial charge in [-0.1, -0.05) is 71.5 Å². The van der Waals surface area contributed by atoms with Crippen LogP contribution in [0.5, 0.6) is 5.75 Å². The van der Waals surface area contributed by atoms with E-state index >= 15 is 0 Å². The van der Waals surface area contributed by atoms with E-state index in [0.29, 0.717) is 32.2 Å². The van der Waals surface area contributed by atoms with Crippen LogP contribution in [-0.2, 0) is 16.1 Å². The molecule has 44 heavy (non-hydrogen) atoms. The van der Waals surface area contributed by atoms with Gasteiger partial charge in [-0.25, -0.2) is 9.79 Å². The van der Waals surface area contributed by atoms with Crippen LogP contribution >= 0.6 is 79.5 Å². The summed E-state index contributed by atoms with van der Waals surface area (Å²) in [5.74, 6) is 0.296. The maximum absolute atomic E-state index is 14.1. The Morgan fingerprint density at radius 3 is 2.43 bits per heavy atom. The molecular weight excluding hydrogens is 842 g/mol. The maximum atomic E-state index is 14.1. The molecule has 1 aliphatic rings. The summed E-state index contributed by atoms with van der Waals surface area (Å²) in [5, 5.41) is 2.62. The van der Waals surface area contributed by atoms with Crippen molar-refractivity contribution in [3.63, 3.8) is 0 Å². The highest BCUT2D eigenvalue weighted by Crippen LogP contribution is 2.37. The molecule has 6 nitrogen and oxygen atoms in total. The molecule has 0 spiro atoms. The minimum Gasteiger partial charge on any atom is -0.487 e.